The van der Waals surface area contributed by atoms with Crippen LogP contribution in [0.4, 0.5) is 5.69 Å². The lowest BCUT2D eigenvalue weighted by Crippen LogP contribution is -2.24. The summed E-state index contributed by atoms with van der Waals surface area (Å²) in [5.74, 6) is -0.815. The van der Waals surface area contributed by atoms with E-state index in [2.05, 4.69) is 22.2 Å². The first-order valence-corrected chi connectivity index (χ1v) is 6.81. The van der Waals surface area contributed by atoms with Crippen molar-refractivity contribution in [2.75, 3.05) is 11.9 Å². The number of carbonyl (C=O) groups excluding carboxylic acids is 2. The summed E-state index contributed by atoms with van der Waals surface area (Å²) in [4.78, 5) is 28.1. The van der Waals surface area contributed by atoms with E-state index in [1.807, 2.05) is 6.07 Å². The van der Waals surface area contributed by atoms with Crippen LogP contribution in [0.1, 0.15) is 26.4 Å². The predicted octanol–water partition coefficient (Wildman–Crippen LogP) is 2.12. The highest BCUT2D eigenvalue weighted by Crippen LogP contribution is 2.14. The van der Waals surface area contributed by atoms with E-state index >= 15 is 0 Å². The Kier molecular flexibility index (Phi) is 5.21. The number of amides is 2. The Hall–Kier alpha value is -3.46. The Labute approximate surface area is 133 Å². The number of hydrogen-bond acceptors (Lipinski definition) is 4. The van der Waals surface area contributed by atoms with E-state index in [9.17, 15) is 9.59 Å². The standard InChI is InChI=1S/C17H14N4O2/c1-2-8-20-16(22)12-7-9-19-15(10-12)17(23)21-14-6-4-3-5-13(14)11-18/h2-7,9-10H,1,8H2,(H,20,22)(H,21,23). The van der Waals surface area contributed by atoms with Crippen LogP contribution < -0.4 is 10.6 Å². The number of anilines is 1. The molecule has 114 valence electrons. The molecular formula is C17H14N4O2. The largest absolute Gasteiger partial charge is 0.349 e. The molecule has 6 nitrogen and oxygen atoms in total. The number of nitrogens with one attached hydrogen (secondary N) is 2. The topological polar surface area (TPSA) is 94.9 Å². The number of pyridine rings is 1. The number of para-hydroxylation sites is 1. The monoisotopic (exact) mass is 306 g/mol. The van der Waals surface area contributed by atoms with Gasteiger partial charge in [-0.15, -0.1) is 6.58 Å². The third kappa shape index (κ3) is 4.02. The zero-order chi connectivity index (χ0) is 16.7. The van der Waals surface area contributed by atoms with Gasteiger partial charge in [-0.3, -0.25) is 14.6 Å². The van der Waals surface area contributed by atoms with Crippen molar-refractivity contribution in [3.63, 3.8) is 0 Å². The van der Waals surface area contributed by atoms with Crippen LogP contribution in [-0.2, 0) is 0 Å². The summed E-state index contributed by atoms with van der Waals surface area (Å²) in [5, 5.41) is 14.3. The fraction of sp³-hybridized carbons (Fsp3) is 0.0588. The first-order valence-electron chi connectivity index (χ1n) is 6.81. The molecule has 0 fully saturated rings. The molecule has 1 aromatic heterocycles. The van der Waals surface area contributed by atoms with Crippen molar-refractivity contribution in [1.29, 1.82) is 5.26 Å². The summed E-state index contributed by atoms with van der Waals surface area (Å²) >= 11 is 0. The Balaban J connectivity index is 2.18. The third-order valence-electron chi connectivity index (χ3n) is 2.96. The van der Waals surface area contributed by atoms with Crippen LogP contribution in [0.2, 0.25) is 0 Å². The van der Waals surface area contributed by atoms with Gasteiger partial charge in [-0.1, -0.05) is 18.2 Å². The minimum Gasteiger partial charge on any atom is -0.349 e. The van der Waals surface area contributed by atoms with Crippen LogP contribution in [0, 0.1) is 11.3 Å². The Morgan fingerprint density at radius 2 is 2.04 bits per heavy atom. The van der Waals surface area contributed by atoms with E-state index < -0.39 is 5.91 Å². The fourth-order valence-electron chi connectivity index (χ4n) is 1.84. The van der Waals surface area contributed by atoms with E-state index in [1.165, 1.54) is 18.3 Å². The molecule has 23 heavy (non-hydrogen) atoms. The van der Waals surface area contributed by atoms with Gasteiger partial charge in [0.2, 0.25) is 0 Å². The number of rotatable bonds is 5. The maximum Gasteiger partial charge on any atom is 0.274 e. The lowest BCUT2D eigenvalue weighted by molar-refractivity contribution is 0.0958. The molecule has 0 saturated heterocycles. The number of hydrogen-bond donors (Lipinski definition) is 2. The maximum atomic E-state index is 12.2. The Bertz CT molecular complexity index is 793. The lowest BCUT2D eigenvalue weighted by Gasteiger charge is -2.07. The maximum absolute atomic E-state index is 12.2. The van der Waals surface area contributed by atoms with Gasteiger partial charge in [-0.2, -0.15) is 5.26 Å². The first kappa shape index (κ1) is 15.9. The third-order valence-corrected chi connectivity index (χ3v) is 2.96. The summed E-state index contributed by atoms with van der Waals surface area (Å²) in [6, 6.07) is 11.5. The minimum absolute atomic E-state index is 0.0870. The van der Waals surface area contributed by atoms with Crippen molar-refractivity contribution in [2.24, 2.45) is 0 Å². The van der Waals surface area contributed by atoms with Gasteiger partial charge in [-0.25, -0.2) is 0 Å². The van der Waals surface area contributed by atoms with Crippen molar-refractivity contribution in [1.82, 2.24) is 10.3 Å². The van der Waals surface area contributed by atoms with Crippen LogP contribution in [0.5, 0.6) is 0 Å². The number of aromatic nitrogens is 1. The summed E-state index contributed by atoms with van der Waals surface area (Å²) < 4.78 is 0. The van der Waals surface area contributed by atoms with E-state index in [0.29, 0.717) is 23.4 Å². The summed E-state index contributed by atoms with van der Waals surface area (Å²) in [6.45, 7) is 3.85. The molecule has 2 rings (SSSR count). The normalized spacial score (nSPS) is 9.52. The van der Waals surface area contributed by atoms with Crippen molar-refractivity contribution in [3.05, 3.63) is 72.1 Å². The molecule has 0 bridgehead atoms. The highest BCUT2D eigenvalue weighted by atomic mass is 16.2. The van der Waals surface area contributed by atoms with E-state index in [-0.39, 0.29) is 11.6 Å². The van der Waals surface area contributed by atoms with Crippen LogP contribution in [0.25, 0.3) is 0 Å². The molecule has 2 N–H and O–H groups in total. The van der Waals surface area contributed by atoms with Gasteiger partial charge in [0.15, 0.2) is 0 Å². The van der Waals surface area contributed by atoms with Gasteiger partial charge in [0.25, 0.3) is 11.8 Å². The quantitative estimate of drug-likeness (QED) is 0.827. The molecule has 0 spiro atoms. The van der Waals surface area contributed by atoms with Gasteiger partial charge < -0.3 is 10.6 Å². The second-order valence-electron chi connectivity index (χ2n) is 4.54. The zero-order valence-electron chi connectivity index (χ0n) is 12.2. The Morgan fingerprint density at radius 1 is 1.26 bits per heavy atom. The highest BCUT2D eigenvalue weighted by molar-refractivity contribution is 6.05. The molecule has 0 aliphatic rings. The number of nitriles is 1. The van der Waals surface area contributed by atoms with Crippen LogP contribution in [0.15, 0.2) is 55.3 Å². The number of nitrogens with zero attached hydrogens (tertiary/aromatic N) is 2. The second kappa shape index (κ2) is 7.52. The van der Waals surface area contributed by atoms with Gasteiger partial charge in [0.1, 0.15) is 11.8 Å². The van der Waals surface area contributed by atoms with Crippen molar-refractivity contribution >= 4 is 17.5 Å². The van der Waals surface area contributed by atoms with E-state index in [1.54, 1.807) is 30.3 Å². The van der Waals surface area contributed by atoms with Gasteiger partial charge >= 0.3 is 0 Å². The molecule has 0 unspecified atom stereocenters. The molecule has 0 saturated carbocycles. The first-order chi connectivity index (χ1) is 11.2. The smallest absolute Gasteiger partial charge is 0.274 e. The van der Waals surface area contributed by atoms with Gasteiger partial charge in [-0.05, 0) is 24.3 Å². The van der Waals surface area contributed by atoms with Crippen LogP contribution in [-0.4, -0.2) is 23.3 Å². The van der Waals surface area contributed by atoms with Crippen LogP contribution in [0.3, 0.4) is 0 Å². The molecule has 6 heteroatoms. The Morgan fingerprint density at radius 3 is 2.78 bits per heavy atom. The highest BCUT2D eigenvalue weighted by Gasteiger charge is 2.13. The van der Waals surface area contributed by atoms with E-state index in [0.717, 1.165) is 0 Å². The molecule has 2 aromatic rings. The SMILES string of the molecule is C=CCNC(=O)c1ccnc(C(=O)Nc2ccccc2C#N)c1. The van der Waals surface area contributed by atoms with Gasteiger partial charge in [0, 0.05) is 18.3 Å². The van der Waals surface area contributed by atoms with Gasteiger partial charge in [0.05, 0.1) is 11.3 Å². The summed E-state index contributed by atoms with van der Waals surface area (Å²) in [7, 11) is 0. The van der Waals surface area contributed by atoms with E-state index in [4.69, 9.17) is 5.26 Å². The molecule has 0 radical (unpaired) electrons. The average molecular weight is 306 g/mol. The van der Waals surface area contributed by atoms with Crippen molar-refractivity contribution in [2.45, 2.75) is 0 Å². The molecule has 0 atom stereocenters. The number of benzene rings is 1. The predicted molar refractivity (Wildman–Crippen MR) is 85.9 cm³/mol. The fourth-order valence-corrected chi connectivity index (χ4v) is 1.84. The number of carbonyl (C=O) groups is 2. The van der Waals surface area contributed by atoms with Crippen LogP contribution >= 0.6 is 0 Å². The molecule has 1 aromatic carbocycles. The molecule has 1 heterocycles. The molecule has 0 aliphatic heterocycles. The molecule has 0 aliphatic carbocycles. The summed E-state index contributed by atoms with van der Waals surface area (Å²) in [5.41, 5.74) is 1.15. The second-order valence-corrected chi connectivity index (χ2v) is 4.54. The zero-order valence-corrected chi connectivity index (χ0v) is 12.2. The van der Waals surface area contributed by atoms with Crippen molar-refractivity contribution in [3.8, 4) is 6.07 Å². The molecular weight excluding hydrogens is 292 g/mol. The summed E-state index contributed by atoms with van der Waals surface area (Å²) in [6.07, 6.45) is 2.94. The van der Waals surface area contributed by atoms with Crippen molar-refractivity contribution < 1.29 is 9.59 Å². The average Bonchev–Trinajstić information content (AvgIpc) is 2.60. The molecule has 2 amide bonds. The lowest BCUT2D eigenvalue weighted by atomic mass is 10.1. The minimum atomic E-state index is -0.494.